The fraction of sp³-hybridized carbons (Fsp3) is 0.500. The third-order valence-corrected chi connectivity index (χ3v) is 2.65. The van der Waals surface area contributed by atoms with E-state index in [4.69, 9.17) is 4.42 Å². The molecule has 1 unspecified atom stereocenters. The zero-order chi connectivity index (χ0) is 9.97. The molecule has 1 aromatic heterocycles. The quantitative estimate of drug-likeness (QED) is 0.612. The second-order valence-corrected chi connectivity index (χ2v) is 3.68. The van der Waals surface area contributed by atoms with Gasteiger partial charge in [-0.05, 0) is 12.1 Å². The van der Waals surface area contributed by atoms with E-state index in [9.17, 15) is 5.11 Å². The maximum absolute atomic E-state index is 9.92. The van der Waals surface area contributed by atoms with E-state index in [1.54, 1.807) is 18.4 Å². The van der Waals surface area contributed by atoms with Crippen molar-refractivity contribution in [2.45, 2.75) is 6.23 Å². The highest BCUT2D eigenvalue weighted by Gasteiger charge is 2.23. The van der Waals surface area contributed by atoms with Gasteiger partial charge in [0.15, 0.2) is 6.23 Å². The molecule has 0 saturated carbocycles. The monoisotopic (exact) mass is 196 g/mol. The Balaban J connectivity index is 1.95. The summed E-state index contributed by atoms with van der Waals surface area (Å²) in [4.78, 5) is 3.28. The number of nitrogens with one attached hydrogen (secondary N) is 1. The molecule has 14 heavy (non-hydrogen) atoms. The lowest BCUT2D eigenvalue weighted by Crippen LogP contribution is -3.10. The van der Waals surface area contributed by atoms with E-state index < -0.39 is 6.23 Å². The molecule has 4 nitrogen and oxygen atoms in total. The van der Waals surface area contributed by atoms with Gasteiger partial charge in [-0.1, -0.05) is 0 Å². The first-order valence-corrected chi connectivity index (χ1v) is 4.89. The maximum Gasteiger partial charge on any atom is 0.166 e. The van der Waals surface area contributed by atoms with Gasteiger partial charge in [0, 0.05) is 13.1 Å². The number of furan rings is 1. The lowest BCUT2D eigenvalue weighted by atomic mass is 10.3. The second-order valence-electron chi connectivity index (χ2n) is 3.68. The molecule has 0 aliphatic carbocycles. The number of aliphatic hydroxyl groups is 1. The molecule has 0 aromatic carbocycles. The zero-order valence-electron chi connectivity index (χ0n) is 8.15. The lowest BCUT2D eigenvalue weighted by Gasteiger charge is -2.35. The van der Waals surface area contributed by atoms with Crippen molar-refractivity contribution < 1.29 is 14.4 Å². The van der Waals surface area contributed by atoms with Crippen LogP contribution < -0.4 is 4.90 Å². The fourth-order valence-corrected chi connectivity index (χ4v) is 1.70. The van der Waals surface area contributed by atoms with Crippen molar-refractivity contribution >= 4 is 0 Å². The molecule has 2 N–H and O–H groups in total. The third-order valence-electron chi connectivity index (χ3n) is 2.65. The van der Waals surface area contributed by atoms with E-state index in [-0.39, 0.29) is 0 Å². The van der Waals surface area contributed by atoms with Crippen molar-refractivity contribution in [2.24, 2.45) is 0 Å². The molecule has 1 atom stereocenters. The van der Waals surface area contributed by atoms with E-state index in [0.717, 1.165) is 26.2 Å². The van der Waals surface area contributed by atoms with Gasteiger partial charge in [0.25, 0.3) is 0 Å². The summed E-state index contributed by atoms with van der Waals surface area (Å²) in [6.07, 6.45) is 0.986. The summed E-state index contributed by atoms with van der Waals surface area (Å²) < 4.78 is 5.16. The average molecular weight is 196 g/mol. The molecule has 0 spiro atoms. The molecule has 4 heteroatoms. The maximum atomic E-state index is 9.92. The highest BCUT2D eigenvalue weighted by atomic mass is 16.4. The number of quaternary nitrogens is 1. The zero-order valence-corrected chi connectivity index (χ0v) is 8.15. The summed E-state index contributed by atoms with van der Waals surface area (Å²) in [6, 6.07) is 3.59. The average Bonchev–Trinajstić information content (AvgIpc) is 2.71. The lowest BCUT2D eigenvalue weighted by molar-refractivity contribution is -0.859. The van der Waals surface area contributed by atoms with Crippen molar-refractivity contribution in [3.05, 3.63) is 31.2 Å². The molecule has 0 radical (unpaired) electrons. The summed E-state index contributed by atoms with van der Waals surface area (Å²) in [6.45, 7) is 3.66. The first kappa shape index (κ1) is 9.71. The minimum absolute atomic E-state index is 0.599. The van der Waals surface area contributed by atoms with Crippen LogP contribution >= 0.6 is 0 Å². The van der Waals surface area contributed by atoms with Gasteiger partial charge in [-0.15, -0.1) is 0 Å². The van der Waals surface area contributed by atoms with Crippen LogP contribution in [0.4, 0.5) is 0 Å². The van der Waals surface area contributed by atoms with Crippen LogP contribution in [0.3, 0.4) is 0 Å². The van der Waals surface area contributed by atoms with Gasteiger partial charge in [0.2, 0.25) is 0 Å². The number of nitrogens with zero attached hydrogens (tertiary/aromatic N) is 1. The Kier molecular flexibility index (Phi) is 2.86. The van der Waals surface area contributed by atoms with Crippen molar-refractivity contribution in [2.75, 3.05) is 26.2 Å². The Morgan fingerprint density at radius 3 is 2.79 bits per heavy atom. The molecule has 1 aromatic rings. The van der Waals surface area contributed by atoms with Crippen LogP contribution in [0.25, 0.3) is 0 Å². The molecule has 78 valence electrons. The predicted octanol–water partition coefficient (Wildman–Crippen LogP) is -0.737. The van der Waals surface area contributed by atoms with Gasteiger partial charge in [-0.2, -0.15) is 7.05 Å². The fourth-order valence-electron chi connectivity index (χ4n) is 1.70. The summed E-state index contributed by atoms with van der Waals surface area (Å²) in [7, 11) is 3.94. The van der Waals surface area contributed by atoms with E-state index in [1.807, 2.05) is 4.90 Å². The summed E-state index contributed by atoms with van der Waals surface area (Å²) in [5.74, 6) is 0.623. The highest BCUT2D eigenvalue weighted by Crippen LogP contribution is 2.17. The van der Waals surface area contributed by atoms with Gasteiger partial charge < -0.3 is 14.4 Å². The van der Waals surface area contributed by atoms with E-state index in [1.165, 1.54) is 4.90 Å². The summed E-state index contributed by atoms with van der Waals surface area (Å²) in [5, 5.41) is 9.92. The molecule has 1 fully saturated rings. The first-order chi connectivity index (χ1) is 6.77. The van der Waals surface area contributed by atoms with Gasteiger partial charge in [0.05, 0.1) is 19.4 Å². The van der Waals surface area contributed by atoms with Gasteiger partial charge >= 0.3 is 0 Å². The number of hydrogen-bond donors (Lipinski definition) is 2. The molecular formula is C10H16N2O2. The molecular weight excluding hydrogens is 180 g/mol. The Morgan fingerprint density at radius 1 is 1.50 bits per heavy atom. The molecule has 1 aliphatic rings. The van der Waals surface area contributed by atoms with Crippen molar-refractivity contribution in [1.82, 2.24) is 4.90 Å². The van der Waals surface area contributed by atoms with Gasteiger partial charge in [-0.25, -0.2) is 0 Å². The number of hydrogen-bond acceptors (Lipinski definition) is 3. The van der Waals surface area contributed by atoms with Crippen LogP contribution in [0, 0.1) is 7.05 Å². The Bertz CT molecular complexity index is 266. The Hall–Kier alpha value is -0.840. The van der Waals surface area contributed by atoms with Crippen molar-refractivity contribution in [3.63, 3.8) is 0 Å². The van der Waals surface area contributed by atoms with Gasteiger partial charge in [-0.3, -0.25) is 4.90 Å². The topological polar surface area (TPSA) is 41.0 Å². The summed E-state index contributed by atoms with van der Waals surface area (Å²) in [5.41, 5.74) is 0. The second kappa shape index (κ2) is 4.13. The number of rotatable bonds is 2. The highest BCUT2D eigenvalue weighted by molar-refractivity contribution is 5.01. The van der Waals surface area contributed by atoms with E-state index in [0.29, 0.717) is 5.76 Å². The molecule has 0 bridgehead atoms. The Labute approximate surface area is 83.7 Å². The van der Waals surface area contributed by atoms with Crippen LogP contribution in [0.15, 0.2) is 22.8 Å². The smallest absolute Gasteiger partial charge is 0.166 e. The van der Waals surface area contributed by atoms with Crippen molar-refractivity contribution in [1.29, 1.82) is 0 Å². The third kappa shape index (κ3) is 1.97. The van der Waals surface area contributed by atoms with Gasteiger partial charge in [0.1, 0.15) is 5.76 Å². The Morgan fingerprint density at radius 2 is 2.21 bits per heavy atom. The van der Waals surface area contributed by atoms with Crippen LogP contribution in [-0.4, -0.2) is 36.2 Å². The molecule has 0 amide bonds. The molecule has 2 rings (SSSR count). The normalized spacial score (nSPS) is 22.4. The SMILES string of the molecule is [CH2-][NH+]1CCN(C(O)c2ccco2)CC1. The van der Waals surface area contributed by atoms with Crippen LogP contribution in [0.1, 0.15) is 12.0 Å². The van der Waals surface area contributed by atoms with Crippen LogP contribution in [0.2, 0.25) is 0 Å². The largest absolute Gasteiger partial charge is 0.466 e. The first-order valence-electron chi connectivity index (χ1n) is 4.89. The molecule has 2 heterocycles. The summed E-state index contributed by atoms with van der Waals surface area (Å²) >= 11 is 0. The van der Waals surface area contributed by atoms with E-state index >= 15 is 0 Å². The number of aliphatic hydroxyl groups excluding tert-OH is 1. The van der Waals surface area contributed by atoms with Crippen LogP contribution in [-0.2, 0) is 0 Å². The predicted molar refractivity (Wildman–Crippen MR) is 51.3 cm³/mol. The minimum Gasteiger partial charge on any atom is -0.466 e. The standard InChI is InChI=1S/C10H16N2O2/c1-11-4-6-12(7-5-11)10(13)9-3-2-8-14-9/h2-3,8,10-11,13H,1,4-7H2. The molecule has 1 saturated heterocycles. The van der Waals surface area contributed by atoms with Crippen molar-refractivity contribution in [3.8, 4) is 0 Å². The molecule has 1 aliphatic heterocycles. The van der Waals surface area contributed by atoms with E-state index in [2.05, 4.69) is 7.05 Å². The number of piperazine rings is 1. The minimum atomic E-state index is -0.599. The van der Waals surface area contributed by atoms with Crippen LogP contribution in [0.5, 0.6) is 0 Å².